The van der Waals surface area contributed by atoms with Gasteiger partial charge in [-0.15, -0.1) is 0 Å². The van der Waals surface area contributed by atoms with Gasteiger partial charge in [0.1, 0.15) is 0 Å². The number of carboxylic acids is 2. The van der Waals surface area contributed by atoms with Gasteiger partial charge in [0.15, 0.2) is 0 Å². The third kappa shape index (κ3) is 4.66. The minimum absolute atomic E-state index is 0.0682. The van der Waals surface area contributed by atoms with E-state index >= 15 is 0 Å². The Labute approximate surface area is 189 Å². The molecule has 2 saturated heterocycles. The Bertz CT molecular complexity index is 632. The molecule has 2 aliphatic rings. The van der Waals surface area contributed by atoms with Crippen LogP contribution in [0, 0.1) is 17.3 Å². The number of hydrogen-bond acceptors (Lipinski definition) is 6. The molecule has 0 bridgehead atoms. The summed E-state index contributed by atoms with van der Waals surface area (Å²) in [4.78, 5) is 29.3. The van der Waals surface area contributed by atoms with Crippen molar-refractivity contribution in [3.05, 3.63) is 0 Å². The molecule has 0 aromatic carbocycles. The second-order valence-corrected chi connectivity index (χ2v) is 12.8. The molecule has 0 radical (unpaired) electrons. The van der Waals surface area contributed by atoms with Crippen LogP contribution in [0.2, 0.25) is 0 Å². The molecule has 31 heavy (non-hydrogen) atoms. The van der Waals surface area contributed by atoms with Crippen molar-refractivity contribution in [2.45, 2.75) is 116 Å². The van der Waals surface area contributed by atoms with Crippen LogP contribution in [0.4, 0.5) is 0 Å². The lowest BCUT2D eigenvalue weighted by molar-refractivity contribution is -0.331. The standard InChI is InChI=1S/C25H46N2O4/c1-21(2)13-17(14-22(3,4)26(21)9)25(20(30)31,12-11-19(28)29)18-15-23(5,6)27(10)24(7,8)16-18/h17-18H,11-16H2,1-10H3,(H,28,29)(H,30,31)/p-2. The lowest BCUT2D eigenvalue weighted by Gasteiger charge is -2.63. The lowest BCUT2D eigenvalue weighted by atomic mass is 9.52. The molecule has 0 aliphatic carbocycles. The zero-order valence-electron chi connectivity index (χ0n) is 21.4. The first-order chi connectivity index (χ1) is 13.8. The smallest absolute Gasteiger partial charge is 0.0481 e. The van der Waals surface area contributed by atoms with Gasteiger partial charge in [-0.05, 0) is 120 Å². The van der Waals surface area contributed by atoms with E-state index in [-0.39, 0.29) is 46.8 Å². The second kappa shape index (κ2) is 8.02. The number of carbonyl (C=O) groups is 2. The van der Waals surface area contributed by atoms with E-state index in [9.17, 15) is 19.8 Å². The van der Waals surface area contributed by atoms with E-state index in [1.54, 1.807) is 0 Å². The Morgan fingerprint density at radius 3 is 1.26 bits per heavy atom. The van der Waals surface area contributed by atoms with E-state index in [0.29, 0.717) is 25.7 Å². The zero-order chi connectivity index (χ0) is 24.2. The molecule has 0 aromatic heterocycles. The van der Waals surface area contributed by atoms with E-state index in [1.165, 1.54) is 0 Å². The Kier molecular flexibility index (Phi) is 6.75. The maximum atomic E-state index is 13.1. The number of likely N-dealkylation sites (tertiary alicyclic amines) is 2. The minimum atomic E-state index is -1.20. The van der Waals surface area contributed by atoms with E-state index in [1.807, 2.05) is 0 Å². The lowest BCUT2D eigenvalue weighted by Crippen LogP contribution is -2.67. The highest BCUT2D eigenvalue weighted by molar-refractivity contribution is 5.75. The van der Waals surface area contributed by atoms with Gasteiger partial charge in [0.25, 0.3) is 0 Å². The summed E-state index contributed by atoms with van der Waals surface area (Å²) < 4.78 is 0. The molecule has 180 valence electrons. The number of aliphatic carboxylic acids is 2. The third-order valence-corrected chi connectivity index (χ3v) is 9.20. The first kappa shape index (κ1) is 26.1. The predicted octanol–water partition coefficient (Wildman–Crippen LogP) is 2.05. The fourth-order valence-corrected chi connectivity index (χ4v) is 6.96. The Balaban J connectivity index is 2.64. The quantitative estimate of drug-likeness (QED) is 0.633. The van der Waals surface area contributed by atoms with Crippen LogP contribution in [0.3, 0.4) is 0 Å². The average Bonchev–Trinajstić information content (AvgIpc) is 2.56. The maximum Gasteiger partial charge on any atom is 0.0481 e. The summed E-state index contributed by atoms with van der Waals surface area (Å²) in [6, 6.07) is 0. The molecular formula is C25H44N2O4-2. The normalized spacial score (nSPS) is 27.2. The number of carboxylic acid groups (broad SMARTS) is 2. The summed E-state index contributed by atoms with van der Waals surface area (Å²) in [7, 11) is 4.19. The number of hydrogen-bond donors (Lipinski definition) is 0. The summed E-state index contributed by atoms with van der Waals surface area (Å²) in [6.45, 7) is 17.2. The number of rotatable bonds is 6. The van der Waals surface area contributed by atoms with Crippen molar-refractivity contribution in [2.24, 2.45) is 17.3 Å². The molecule has 6 heteroatoms. The molecule has 0 N–H and O–H groups in total. The summed E-state index contributed by atoms with van der Waals surface area (Å²) >= 11 is 0. The largest absolute Gasteiger partial charge is 0.550 e. The van der Waals surface area contributed by atoms with Crippen LogP contribution in [-0.4, -0.2) is 58.0 Å². The molecule has 0 atom stereocenters. The molecule has 0 saturated carbocycles. The number of carbonyl (C=O) groups excluding carboxylic acids is 2. The van der Waals surface area contributed by atoms with Crippen molar-refractivity contribution in [2.75, 3.05) is 14.1 Å². The van der Waals surface area contributed by atoms with Crippen molar-refractivity contribution in [1.82, 2.24) is 9.80 Å². The van der Waals surface area contributed by atoms with Gasteiger partial charge in [-0.25, -0.2) is 0 Å². The number of piperidine rings is 2. The fourth-order valence-electron chi connectivity index (χ4n) is 6.96. The van der Waals surface area contributed by atoms with E-state index in [4.69, 9.17) is 0 Å². The molecule has 2 fully saturated rings. The van der Waals surface area contributed by atoms with Crippen LogP contribution in [0.15, 0.2) is 0 Å². The molecule has 2 rings (SSSR count). The van der Waals surface area contributed by atoms with E-state index < -0.39 is 17.4 Å². The molecular weight excluding hydrogens is 392 g/mol. The van der Waals surface area contributed by atoms with Crippen molar-refractivity contribution < 1.29 is 19.8 Å². The highest BCUT2D eigenvalue weighted by Gasteiger charge is 2.57. The van der Waals surface area contributed by atoms with Crippen LogP contribution in [-0.2, 0) is 9.59 Å². The van der Waals surface area contributed by atoms with Gasteiger partial charge in [-0.3, -0.25) is 9.80 Å². The minimum Gasteiger partial charge on any atom is -0.550 e. The summed E-state index contributed by atoms with van der Waals surface area (Å²) in [5.74, 6) is -2.62. The maximum absolute atomic E-state index is 13.1. The van der Waals surface area contributed by atoms with Crippen molar-refractivity contribution in [3.8, 4) is 0 Å². The van der Waals surface area contributed by atoms with E-state index in [0.717, 1.165) is 0 Å². The first-order valence-corrected chi connectivity index (χ1v) is 11.7. The van der Waals surface area contributed by atoms with E-state index in [2.05, 4.69) is 79.3 Å². The van der Waals surface area contributed by atoms with Crippen LogP contribution in [0.25, 0.3) is 0 Å². The highest BCUT2D eigenvalue weighted by Crippen LogP contribution is 2.57. The van der Waals surface area contributed by atoms with Crippen LogP contribution in [0.5, 0.6) is 0 Å². The summed E-state index contributed by atoms with van der Waals surface area (Å²) in [5.41, 5.74) is -2.02. The number of nitrogens with zero attached hydrogens (tertiary/aromatic N) is 2. The molecule has 0 unspecified atom stereocenters. The van der Waals surface area contributed by atoms with Crippen molar-refractivity contribution in [1.29, 1.82) is 0 Å². The average molecular weight is 437 g/mol. The second-order valence-electron chi connectivity index (χ2n) is 12.8. The van der Waals surface area contributed by atoms with Crippen LogP contribution in [0.1, 0.15) is 93.9 Å². The Hall–Kier alpha value is -1.14. The molecule has 2 heterocycles. The Morgan fingerprint density at radius 2 is 1.03 bits per heavy atom. The first-order valence-electron chi connectivity index (χ1n) is 11.7. The topological polar surface area (TPSA) is 86.7 Å². The molecule has 0 aromatic rings. The van der Waals surface area contributed by atoms with Gasteiger partial charge < -0.3 is 19.8 Å². The molecule has 0 amide bonds. The van der Waals surface area contributed by atoms with Gasteiger partial charge in [0.2, 0.25) is 0 Å². The monoisotopic (exact) mass is 436 g/mol. The summed E-state index contributed by atoms with van der Waals surface area (Å²) in [5, 5.41) is 24.6. The molecule has 2 aliphatic heterocycles. The fraction of sp³-hybridized carbons (Fsp3) is 0.920. The van der Waals surface area contributed by atoms with Crippen LogP contribution < -0.4 is 10.2 Å². The highest BCUT2D eigenvalue weighted by atomic mass is 16.4. The van der Waals surface area contributed by atoms with Gasteiger partial charge in [0.05, 0.1) is 0 Å². The van der Waals surface area contributed by atoms with Gasteiger partial charge in [0, 0.05) is 39.5 Å². The Morgan fingerprint density at radius 1 is 0.742 bits per heavy atom. The SMILES string of the molecule is CN1C(C)(C)CC(C(CCC(=O)[O-])(C(=O)[O-])C2CC(C)(C)N(C)C(C)(C)C2)CC1(C)C. The zero-order valence-corrected chi connectivity index (χ0v) is 21.4. The van der Waals surface area contributed by atoms with Gasteiger partial charge in [-0.1, -0.05) is 0 Å². The predicted molar refractivity (Wildman–Crippen MR) is 119 cm³/mol. The van der Waals surface area contributed by atoms with Crippen molar-refractivity contribution in [3.63, 3.8) is 0 Å². The summed E-state index contributed by atoms with van der Waals surface area (Å²) in [6.07, 6.45) is 2.59. The van der Waals surface area contributed by atoms with Crippen LogP contribution >= 0.6 is 0 Å². The van der Waals surface area contributed by atoms with Crippen molar-refractivity contribution >= 4 is 11.9 Å². The van der Waals surface area contributed by atoms with Gasteiger partial charge >= 0.3 is 0 Å². The molecule has 6 nitrogen and oxygen atoms in total. The third-order valence-electron chi connectivity index (χ3n) is 9.20. The molecule has 0 spiro atoms. The van der Waals surface area contributed by atoms with Gasteiger partial charge in [-0.2, -0.15) is 0 Å².